The van der Waals surface area contributed by atoms with Crippen molar-refractivity contribution in [2.75, 3.05) is 10.2 Å². The van der Waals surface area contributed by atoms with Crippen molar-refractivity contribution in [3.63, 3.8) is 0 Å². The van der Waals surface area contributed by atoms with E-state index in [1.165, 1.54) is 41.3 Å². The molecule has 3 aromatic rings. The Balaban J connectivity index is 1.60. The number of benzene rings is 3. The first-order chi connectivity index (χ1) is 17.3. The quantitative estimate of drug-likeness (QED) is 0.314. The summed E-state index contributed by atoms with van der Waals surface area (Å²) >= 11 is 11.3. The number of nitrogens with one attached hydrogen (secondary N) is 2. The summed E-state index contributed by atoms with van der Waals surface area (Å²) in [7, 11) is -4.04. The average Bonchev–Trinajstić information content (AvgIpc) is 3.07. The standard InChI is InChI=1S/C23H17ClF3N5O3S2/c24-15-8-9-18-16(11-15)20(21(33)32(18)12-13-4-3-5-14(10-13)23(25,26)27)30-31-22(36)29-17-6-1-2-7-19(17)37(28,34)35/h1-11H,12H2,(H2,28,34,35)(H2,29,31,36). The molecule has 1 amide bonds. The van der Waals surface area contributed by atoms with Gasteiger partial charge in [0.05, 0.1) is 23.5 Å². The van der Waals surface area contributed by atoms with Crippen molar-refractivity contribution in [2.24, 2.45) is 10.2 Å². The van der Waals surface area contributed by atoms with Crippen LogP contribution in [0.15, 0.2) is 76.7 Å². The Bertz CT molecular complexity index is 1540. The second-order valence-corrected chi connectivity index (χ2v) is 10.2. The van der Waals surface area contributed by atoms with Gasteiger partial charge in [-0.2, -0.15) is 18.3 Å². The van der Waals surface area contributed by atoms with E-state index in [0.717, 1.165) is 12.1 Å². The van der Waals surface area contributed by atoms with Crippen LogP contribution in [-0.4, -0.2) is 25.1 Å². The largest absolute Gasteiger partial charge is 0.416 e. The molecular weight excluding hydrogens is 551 g/mol. The van der Waals surface area contributed by atoms with Crippen LogP contribution in [0.25, 0.3) is 0 Å². The molecule has 0 bridgehead atoms. The van der Waals surface area contributed by atoms with E-state index in [1.54, 1.807) is 18.2 Å². The molecule has 0 unspecified atom stereocenters. The Morgan fingerprint density at radius 3 is 2.51 bits per heavy atom. The number of halogens is 4. The third kappa shape index (κ3) is 5.91. The van der Waals surface area contributed by atoms with Crippen LogP contribution in [0.5, 0.6) is 0 Å². The van der Waals surface area contributed by atoms with Crippen LogP contribution in [-0.2, 0) is 27.5 Å². The molecule has 4 N–H and O–H groups in total. The highest BCUT2D eigenvalue weighted by molar-refractivity contribution is 7.89. The molecule has 0 saturated carbocycles. The molecular formula is C23H17ClF3N5O3S2. The van der Waals surface area contributed by atoms with Crippen LogP contribution >= 0.6 is 23.8 Å². The zero-order valence-electron chi connectivity index (χ0n) is 18.6. The summed E-state index contributed by atoms with van der Waals surface area (Å²) in [6.45, 7) is -0.152. The van der Waals surface area contributed by atoms with Crippen LogP contribution in [0.2, 0.25) is 5.02 Å². The van der Waals surface area contributed by atoms with Gasteiger partial charge in [-0.05, 0) is 60.2 Å². The number of alkyl halides is 3. The van der Waals surface area contributed by atoms with Gasteiger partial charge in [0.1, 0.15) is 4.90 Å². The molecule has 3 aromatic carbocycles. The van der Waals surface area contributed by atoms with Gasteiger partial charge in [-0.1, -0.05) is 35.9 Å². The number of hydrazone groups is 1. The zero-order chi connectivity index (χ0) is 27.0. The number of para-hydroxylation sites is 1. The molecule has 1 aliphatic rings. The molecule has 0 aromatic heterocycles. The number of rotatable bonds is 5. The summed E-state index contributed by atoms with van der Waals surface area (Å²) in [5, 5.41) is 12.1. The highest BCUT2D eigenvalue weighted by Gasteiger charge is 2.35. The van der Waals surface area contributed by atoms with E-state index < -0.39 is 27.7 Å². The molecule has 192 valence electrons. The number of fused-ring (bicyclic) bond motifs is 1. The number of sulfonamides is 1. The van der Waals surface area contributed by atoms with Crippen molar-refractivity contribution in [3.8, 4) is 0 Å². The smallest absolute Gasteiger partial charge is 0.330 e. The Labute approximate surface area is 220 Å². The minimum Gasteiger partial charge on any atom is -0.330 e. The second-order valence-electron chi connectivity index (χ2n) is 7.82. The van der Waals surface area contributed by atoms with Gasteiger partial charge < -0.3 is 10.2 Å². The Morgan fingerprint density at radius 2 is 1.81 bits per heavy atom. The molecule has 0 atom stereocenters. The van der Waals surface area contributed by atoms with Crippen molar-refractivity contribution < 1.29 is 26.4 Å². The lowest BCUT2D eigenvalue weighted by atomic mass is 10.1. The molecule has 0 saturated heterocycles. The molecule has 4 rings (SSSR count). The highest BCUT2D eigenvalue weighted by Crippen LogP contribution is 2.34. The second kappa shape index (κ2) is 10.1. The first-order valence-electron chi connectivity index (χ1n) is 10.4. The van der Waals surface area contributed by atoms with E-state index in [9.17, 15) is 26.4 Å². The Kier molecular flexibility index (Phi) is 7.24. The number of nitrogens with zero attached hydrogens (tertiary/aromatic N) is 2. The summed E-state index contributed by atoms with van der Waals surface area (Å²) in [5.74, 6) is -0.602. The average molecular weight is 568 g/mol. The van der Waals surface area contributed by atoms with Crippen molar-refractivity contribution in [2.45, 2.75) is 17.6 Å². The molecule has 1 aliphatic heterocycles. The molecule has 0 fully saturated rings. The maximum absolute atomic E-state index is 13.2. The number of thiocarbonyl (C=S) groups is 1. The van der Waals surface area contributed by atoms with Gasteiger partial charge in [0.2, 0.25) is 10.0 Å². The Morgan fingerprint density at radius 1 is 1.08 bits per heavy atom. The monoisotopic (exact) mass is 567 g/mol. The van der Waals surface area contributed by atoms with Crippen molar-refractivity contribution in [1.82, 2.24) is 5.43 Å². The molecule has 14 heteroatoms. The van der Waals surface area contributed by atoms with Gasteiger partial charge in [0.25, 0.3) is 5.91 Å². The molecule has 8 nitrogen and oxygen atoms in total. The number of hydrogen-bond donors (Lipinski definition) is 3. The van der Waals surface area contributed by atoms with E-state index in [4.69, 9.17) is 29.0 Å². The van der Waals surface area contributed by atoms with E-state index in [-0.39, 0.29) is 33.5 Å². The first-order valence-corrected chi connectivity index (χ1v) is 12.7. The fourth-order valence-corrected chi connectivity index (χ4v) is 4.68. The van der Waals surface area contributed by atoms with Gasteiger partial charge in [-0.15, -0.1) is 0 Å². The van der Waals surface area contributed by atoms with Crippen LogP contribution in [0.4, 0.5) is 24.5 Å². The van der Waals surface area contributed by atoms with Gasteiger partial charge in [0.15, 0.2) is 10.8 Å². The third-order valence-corrected chi connectivity index (χ3v) is 6.66. The summed E-state index contributed by atoms with van der Waals surface area (Å²) in [6.07, 6.45) is -4.53. The van der Waals surface area contributed by atoms with Crippen LogP contribution in [0.1, 0.15) is 16.7 Å². The van der Waals surface area contributed by atoms with Crippen molar-refractivity contribution >= 4 is 61.9 Å². The topological polar surface area (TPSA) is 117 Å². The molecule has 0 radical (unpaired) electrons. The van der Waals surface area contributed by atoms with Gasteiger partial charge in [-0.25, -0.2) is 13.6 Å². The summed E-state index contributed by atoms with van der Waals surface area (Å²) in [4.78, 5) is 14.3. The predicted octanol–water partition coefficient (Wildman–Crippen LogP) is 4.24. The van der Waals surface area contributed by atoms with Gasteiger partial charge in [0, 0.05) is 10.6 Å². The highest BCUT2D eigenvalue weighted by atomic mass is 35.5. The lowest BCUT2D eigenvalue weighted by Crippen LogP contribution is -2.32. The Hall–Kier alpha value is -3.52. The number of carbonyl (C=O) groups is 1. The number of hydrogen-bond acceptors (Lipinski definition) is 5. The molecule has 1 heterocycles. The SMILES string of the molecule is NS(=O)(=O)c1ccccc1NC(=S)NN=C1C(=O)N(Cc2cccc(C(F)(F)F)c2)c2ccc(Cl)cc21. The van der Waals surface area contributed by atoms with Crippen molar-refractivity contribution in [1.29, 1.82) is 0 Å². The minimum absolute atomic E-state index is 0.0895. The van der Waals surface area contributed by atoms with E-state index in [2.05, 4.69) is 15.8 Å². The van der Waals surface area contributed by atoms with E-state index >= 15 is 0 Å². The summed E-state index contributed by atoms with van der Waals surface area (Å²) < 4.78 is 63.0. The number of primary sulfonamides is 1. The van der Waals surface area contributed by atoms with Crippen molar-refractivity contribution in [3.05, 3.63) is 88.4 Å². The minimum atomic E-state index is -4.53. The maximum atomic E-state index is 13.2. The predicted molar refractivity (Wildman–Crippen MR) is 138 cm³/mol. The molecule has 0 spiro atoms. The van der Waals surface area contributed by atoms with Crippen LogP contribution in [0.3, 0.4) is 0 Å². The first kappa shape index (κ1) is 26.5. The normalized spacial score (nSPS) is 14.6. The lowest BCUT2D eigenvalue weighted by molar-refractivity contribution is -0.137. The van der Waals surface area contributed by atoms with Crippen LogP contribution in [0, 0.1) is 0 Å². The third-order valence-electron chi connectivity index (χ3n) is 5.26. The molecule has 0 aliphatic carbocycles. The maximum Gasteiger partial charge on any atom is 0.416 e. The number of carbonyl (C=O) groups excluding carboxylic acids is 1. The summed E-state index contributed by atoms with van der Waals surface area (Å²) in [5.41, 5.74) is 2.65. The summed E-state index contributed by atoms with van der Waals surface area (Å²) in [6, 6.07) is 15.0. The number of anilines is 2. The zero-order valence-corrected chi connectivity index (χ0v) is 21.0. The van der Waals surface area contributed by atoms with E-state index in [1.807, 2.05) is 0 Å². The van der Waals surface area contributed by atoms with Crippen LogP contribution < -0.4 is 20.8 Å². The van der Waals surface area contributed by atoms with Gasteiger partial charge in [-0.3, -0.25) is 10.2 Å². The lowest BCUT2D eigenvalue weighted by Gasteiger charge is -2.18. The fourth-order valence-electron chi connectivity index (χ4n) is 3.65. The molecule has 37 heavy (non-hydrogen) atoms. The fraction of sp³-hybridized carbons (Fsp3) is 0.0870. The number of amides is 1. The van der Waals surface area contributed by atoms with E-state index in [0.29, 0.717) is 16.3 Å². The van der Waals surface area contributed by atoms with Gasteiger partial charge >= 0.3 is 6.18 Å². The number of nitrogens with two attached hydrogens (primary N) is 1.